The highest BCUT2D eigenvalue weighted by atomic mass is 32.2. The van der Waals surface area contributed by atoms with Crippen molar-refractivity contribution in [2.24, 2.45) is 17.6 Å². The van der Waals surface area contributed by atoms with Crippen molar-refractivity contribution in [2.75, 3.05) is 6.54 Å². The van der Waals surface area contributed by atoms with Crippen molar-refractivity contribution in [2.45, 2.75) is 31.9 Å². The SMILES string of the molecule is CC(C)C(CN)C(=O)NS(=O)(=O)C1CC1. The third kappa shape index (κ3) is 3.17. The molecule has 1 fully saturated rings. The van der Waals surface area contributed by atoms with Crippen LogP contribution in [0.4, 0.5) is 0 Å². The lowest BCUT2D eigenvalue weighted by molar-refractivity contribution is -0.124. The van der Waals surface area contributed by atoms with Gasteiger partial charge in [0.1, 0.15) is 0 Å². The Morgan fingerprint density at radius 1 is 1.47 bits per heavy atom. The summed E-state index contributed by atoms with van der Waals surface area (Å²) in [5.41, 5.74) is 5.43. The second kappa shape index (κ2) is 4.49. The third-order valence-corrected chi connectivity index (χ3v) is 4.44. The van der Waals surface area contributed by atoms with Crippen molar-refractivity contribution < 1.29 is 13.2 Å². The smallest absolute Gasteiger partial charge is 0.238 e. The maximum Gasteiger partial charge on any atom is 0.238 e. The molecule has 15 heavy (non-hydrogen) atoms. The molecule has 0 aromatic heterocycles. The van der Waals surface area contributed by atoms with E-state index in [0.717, 1.165) is 0 Å². The van der Waals surface area contributed by atoms with E-state index in [-0.39, 0.29) is 17.7 Å². The molecule has 3 N–H and O–H groups in total. The van der Waals surface area contributed by atoms with E-state index in [1.807, 2.05) is 13.8 Å². The Bertz CT molecular complexity index is 333. The molecule has 1 unspecified atom stereocenters. The number of carbonyl (C=O) groups excluding carboxylic acids is 1. The summed E-state index contributed by atoms with van der Waals surface area (Å²) in [6.45, 7) is 3.87. The van der Waals surface area contributed by atoms with Crippen LogP contribution in [0.3, 0.4) is 0 Å². The molecule has 0 radical (unpaired) electrons. The highest BCUT2D eigenvalue weighted by molar-refractivity contribution is 7.90. The first-order valence-corrected chi connectivity index (χ1v) is 6.68. The fourth-order valence-corrected chi connectivity index (χ4v) is 2.71. The van der Waals surface area contributed by atoms with Crippen LogP contribution in [0, 0.1) is 11.8 Å². The van der Waals surface area contributed by atoms with Crippen LogP contribution in [-0.2, 0) is 14.8 Å². The minimum Gasteiger partial charge on any atom is -0.330 e. The molecule has 1 saturated carbocycles. The van der Waals surface area contributed by atoms with Crippen LogP contribution in [0.5, 0.6) is 0 Å². The number of rotatable bonds is 5. The van der Waals surface area contributed by atoms with Crippen molar-refractivity contribution in [3.63, 3.8) is 0 Å². The number of amides is 1. The van der Waals surface area contributed by atoms with E-state index in [4.69, 9.17) is 5.73 Å². The van der Waals surface area contributed by atoms with Gasteiger partial charge in [-0.1, -0.05) is 13.8 Å². The minimum atomic E-state index is -3.43. The topological polar surface area (TPSA) is 89.3 Å². The first kappa shape index (κ1) is 12.4. The maximum atomic E-state index is 11.6. The molecule has 1 rings (SSSR count). The first-order valence-electron chi connectivity index (χ1n) is 5.14. The van der Waals surface area contributed by atoms with Gasteiger partial charge in [-0.3, -0.25) is 9.52 Å². The van der Waals surface area contributed by atoms with Crippen molar-refractivity contribution in [1.29, 1.82) is 0 Å². The van der Waals surface area contributed by atoms with E-state index < -0.39 is 21.8 Å². The number of nitrogens with two attached hydrogens (primary N) is 1. The van der Waals surface area contributed by atoms with E-state index in [2.05, 4.69) is 4.72 Å². The zero-order chi connectivity index (χ0) is 11.6. The summed E-state index contributed by atoms with van der Waals surface area (Å²) in [5, 5.41) is -0.368. The van der Waals surface area contributed by atoms with Crippen LogP contribution >= 0.6 is 0 Å². The van der Waals surface area contributed by atoms with Crippen LogP contribution in [0.2, 0.25) is 0 Å². The van der Waals surface area contributed by atoms with Crippen LogP contribution < -0.4 is 10.5 Å². The highest BCUT2D eigenvalue weighted by Gasteiger charge is 2.38. The van der Waals surface area contributed by atoms with Crippen LogP contribution in [-0.4, -0.2) is 26.1 Å². The molecule has 6 heteroatoms. The fourth-order valence-electron chi connectivity index (χ4n) is 1.36. The Balaban J connectivity index is 2.61. The third-order valence-electron chi connectivity index (χ3n) is 2.60. The summed E-state index contributed by atoms with van der Waals surface area (Å²) in [6, 6.07) is 0. The van der Waals surface area contributed by atoms with E-state index in [0.29, 0.717) is 12.8 Å². The van der Waals surface area contributed by atoms with Gasteiger partial charge < -0.3 is 5.73 Å². The Morgan fingerprint density at radius 3 is 2.33 bits per heavy atom. The van der Waals surface area contributed by atoms with Gasteiger partial charge in [-0.15, -0.1) is 0 Å². The molecular weight excluding hydrogens is 216 g/mol. The van der Waals surface area contributed by atoms with E-state index in [1.54, 1.807) is 0 Å². The predicted molar refractivity (Wildman–Crippen MR) is 57.5 cm³/mol. The lowest BCUT2D eigenvalue weighted by Crippen LogP contribution is -2.42. The molecule has 0 saturated heterocycles. The summed E-state index contributed by atoms with van der Waals surface area (Å²) in [6.07, 6.45) is 1.30. The average Bonchev–Trinajstić information content (AvgIpc) is 2.84. The second-order valence-electron chi connectivity index (χ2n) is 4.30. The lowest BCUT2D eigenvalue weighted by atomic mass is 9.96. The fraction of sp³-hybridized carbons (Fsp3) is 0.889. The van der Waals surface area contributed by atoms with Crippen molar-refractivity contribution >= 4 is 15.9 Å². The summed E-state index contributed by atoms with van der Waals surface area (Å²) in [4.78, 5) is 11.6. The Morgan fingerprint density at radius 2 is 2.00 bits per heavy atom. The number of carbonyl (C=O) groups is 1. The molecule has 0 aromatic carbocycles. The quantitative estimate of drug-likeness (QED) is 0.691. The van der Waals surface area contributed by atoms with Crippen molar-refractivity contribution in [1.82, 2.24) is 4.72 Å². The number of hydrogen-bond donors (Lipinski definition) is 2. The van der Waals surface area contributed by atoms with Gasteiger partial charge in [0.05, 0.1) is 11.2 Å². The molecule has 0 aromatic rings. The van der Waals surface area contributed by atoms with Crippen LogP contribution in [0.25, 0.3) is 0 Å². The summed E-state index contributed by atoms with van der Waals surface area (Å²) in [5.74, 6) is -0.859. The number of hydrogen-bond acceptors (Lipinski definition) is 4. The molecule has 1 aliphatic rings. The summed E-state index contributed by atoms with van der Waals surface area (Å²) >= 11 is 0. The van der Waals surface area contributed by atoms with Gasteiger partial charge in [0, 0.05) is 6.54 Å². The Hall–Kier alpha value is -0.620. The lowest BCUT2D eigenvalue weighted by Gasteiger charge is -2.17. The standard InChI is InChI=1S/C9H18N2O3S/c1-6(2)8(5-10)9(12)11-15(13,14)7-3-4-7/h6-8H,3-5,10H2,1-2H3,(H,11,12). The average molecular weight is 234 g/mol. The normalized spacial score (nSPS) is 18.9. The van der Waals surface area contributed by atoms with E-state index in [9.17, 15) is 13.2 Å². The largest absolute Gasteiger partial charge is 0.330 e. The number of nitrogens with one attached hydrogen (secondary N) is 1. The highest BCUT2D eigenvalue weighted by Crippen LogP contribution is 2.27. The van der Waals surface area contributed by atoms with Gasteiger partial charge in [-0.25, -0.2) is 8.42 Å². The zero-order valence-corrected chi connectivity index (χ0v) is 9.88. The monoisotopic (exact) mass is 234 g/mol. The summed E-state index contributed by atoms with van der Waals surface area (Å²) in [7, 11) is -3.43. The van der Waals surface area contributed by atoms with Gasteiger partial charge in [0.15, 0.2) is 0 Å². The van der Waals surface area contributed by atoms with Gasteiger partial charge in [0.25, 0.3) is 0 Å². The first-order chi connectivity index (χ1) is 6.88. The van der Waals surface area contributed by atoms with Gasteiger partial charge in [0.2, 0.25) is 15.9 Å². The van der Waals surface area contributed by atoms with Gasteiger partial charge in [-0.2, -0.15) is 0 Å². The molecular formula is C9H18N2O3S. The molecule has 0 aliphatic heterocycles. The van der Waals surface area contributed by atoms with Crippen molar-refractivity contribution in [3.05, 3.63) is 0 Å². The Kier molecular flexibility index (Phi) is 3.72. The van der Waals surface area contributed by atoms with Crippen LogP contribution in [0.1, 0.15) is 26.7 Å². The zero-order valence-electron chi connectivity index (χ0n) is 9.06. The molecule has 0 heterocycles. The predicted octanol–water partition coefficient (Wildman–Crippen LogP) is -0.174. The molecule has 5 nitrogen and oxygen atoms in total. The minimum absolute atomic E-state index is 0.0457. The molecule has 0 spiro atoms. The van der Waals surface area contributed by atoms with Gasteiger partial charge in [-0.05, 0) is 18.8 Å². The van der Waals surface area contributed by atoms with Gasteiger partial charge >= 0.3 is 0 Å². The van der Waals surface area contributed by atoms with Crippen LogP contribution in [0.15, 0.2) is 0 Å². The van der Waals surface area contributed by atoms with Crippen molar-refractivity contribution in [3.8, 4) is 0 Å². The Labute approximate surface area is 90.5 Å². The molecule has 1 atom stereocenters. The molecule has 88 valence electrons. The maximum absolute atomic E-state index is 11.6. The van der Waals surface area contributed by atoms with E-state index in [1.165, 1.54) is 0 Å². The molecule has 1 aliphatic carbocycles. The molecule has 0 bridgehead atoms. The summed E-state index contributed by atoms with van der Waals surface area (Å²) < 4.78 is 25.1. The molecule has 1 amide bonds. The number of sulfonamides is 1. The van der Waals surface area contributed by atoms with E-state index >= 15 is 0 Å². The second-order valence-corrected chi connectivity index (χ2v) is 6.26.